The molecule has 1 aromatic heterocycles. The van der Waals surface area contributed by atoms with Crippen molar-refractivity contribution in [1.82, 2.24) is 15.0 Å². The van der Waals surface area contributed by atoms with E-state index < -0.39 is 0 Å². The van der Waals surface area contributed by atoms with Crippen molar-refractivity contribution in [3.8, 4) is 22.5 Å². The van der Waals surface area contributed by atoms with E-state index in [1.165, 1.54) is 0 Å². The molecule has 0 saturated heterocycles. The van der Waals surface area contributed by atoms with Gasteiger partial charge >= 0.3 is 0 Å². The summed E-state index contributed by atoms with van der Waals surface area (Å²) in [5.74, 6) is 0.0339. The number of carbonyl (C=O) groups excluding carboxylic acids is 1. The Hall–Kier alpha value is -5.03. The molecule has 0 bridgehead atoms. The van der Waals surface area contributed by atoms with Crippen LogP contribution >= 0.6 is 0 Å². The molecule has 0 N–H and O–H groups in total. The standard InChI is InChI=1S/C34H28N4O/c39-32(23-26-15-7-3-1-4-8-16-26)37-25-28-19-11-12-20-29(28)34-33(30-21-13-14-22-31(30)37)35-36-38(34)24-27-17-9-5-2-6-10-18-27/h1-22H,23-25H2/b3-1-,4-1?,5-2-,6-2?,7-3?,8-4-,9-5?,10-6-,15-7?,16-8?,17-9?,18-10?,26-15?,26-16?,27-17?,27-18?. The Bertz CT molecular complexity index is 1660. The van der Waals surface area contributed by atoms with Crippen LogP contribution in [-0.4, -0.2) is 20.9 Å². The monoisotopic (exact) mass is 508 g/mol. The lowest BCUT2D eigenvalue weighted by molar-refractivity contribution is -0.118. The van der Waals surface area contributed by atoms with Crippen LogP contribution < -0.4 is 4.90 Å². The van der Waals surface area contributed by atoms with Gasteiger partial charge in [0.2, 0.25) is 5.91 Å². The minimum absolute atomic E-state index is 0.0339. The van der Waals surface area contributed by atoms with Gasteiger partial charge in [0.15, 0.2) is 0 Å². The summed E-state index contributed by atoms with van der Waals surface area (Å²) >= 11 is 0. The van der Waals surface area contributed by atoms with E-state index in [2.05, 4.69) is 29.5 Å². The van der Waals surface area contributed by atoms with Gasteiger partial charge in [0, 0.05) is 11.1 Å². The molecule has 3 aromatic rings. The summed E-state index contributed by atoms with van der Waals surface area (Å²) < 4.78 is 1.97. The number of anilines is 1. The smallest absolute Gasteiger partial charge is 0.231 e. The average Bonchev–Trinajstić information content (AvgIpc) is 3.32. The van der Waals surface area contributed by atoms with Crippen molar-refractivity contribution in [2.45, 2.75) is 19.5 Å². The van der Waals surface area contributed by atoms with E-state index in [4.69, 9.17) is 5.10 Å². The fraction of sp³-hybridized carbons (Fsp3) is 0.0882. The van der Waals surface area contributed by atoms with Gasteiger partial charge in [-0.25, -0.2) is 4.68 Å². The zero-order chi connectivity index (χ0) is 26.4. The average molecular weight is 509 g/mol. The largest absolute Gasteiger partial charge is 0.307 e. The highest BCUT2D eigenvalue weighted by Crippen LogP contribution is 2.41. The van der Waals surface area contributed by atoms with E-state index in [9.17, 15) is 4.79 Å². The van der Waals surface area contributed by atoms with Crippen LogP contribution in [-0.2, 0) is 17.9 Å². The van der Waals surface area contributed by atoms with Crippen LogP contribution in [0.4, 0.5) is 5.69 Å². The summed E-state index contributed by atoms with van der Waals surface area (Å²) in [6.07, 6.45) is 28.4. The van der Waals surface area contributed by atoms with Gasteiger partial charge in [-0.1, -0.05) is 133 Å². The number of aromatic nitrogens is 3. The van der Waals surface area contributed by atoms with E-state index in [1.807, 2.05) is 119 Å². The molecule has 0 spiro atoms. The summed E-state index contributed by atoms with van der Waals surface area (Å²) in [5, 5.41) is 9.31. The third-order valence-electron chi connectivity index (χ3n) is 6.90. The Labute approximate surface area is 228 Å². The number of amides is 1. The topological polar surface area (TPSA) is 51.0 Å². The van der Waals surface area contributed by atoms with Crippen LogP contribution in [0.25, 0.3) is 22.5 Å². The summed E-state index contributed by atoms with van der Waals surface area (Å²) in [4.78, 5) is 15.8. The Morgan fingerprint density at radius 2 is 1.36 bits per heavy atom. The lowest BCUT2D eigenvalue weighted by Crippen LogP contribution is -2.32. The van der Waals surface area contributed by atoms with Gasteiger partial charge < -0.3 is 4.90 Å². The number of allylic oxidation sites excluding steroid dienone is 15. The molecule has 0 unspecified atom stereocenters. The molecular weight excluding hydrogens is 480 g/mol. The number of rotatable bonds is 4. The lowest BCUT2D eigenvalue weighted by Gasteiger charge is -2.29. The molecule has 39 heavy (non-hydrogen) atoms. The Morgan fingerprint density at radius 1 is 0.718 bits per heavy atom. The van der Waals surface area contributed by atoms with Crippen molar-refractivity contribution in [3.63, 3.8) is 0 Å². The second kappa shape index (κ2) is 11.2. The molecule has 2 aliphatic carbocycles. The third kappa shape index (κ3) is 5.20. The highest BCUT2D eigenvalue weighted by molar-refractivity contribution is 6.01. The molecule has 5 nitrogen and oxygen atoms in total. The minimum atomic E-state index is 0.0339. The summed E-state index contributed by atoms with van der Waals surface area (Å²) in [6, 6.07) is 16.3. The maximum atomic E-state index is 13.9. The van der Waals surface area contributed by atoms with Crippen LogP contribution in [0, 0.1) is 0 Å². The highest BCUT2D eigenvalue weighted by atomic mass is 16.2. The first-order valence-corrected chi connectivity index (χ1v) is 13.1. The van der Waals surface area contributed by atoms with Crippen LogP contribution in [0.15, 0.2) is 145 Å². The number of benzene rings is 2. The van der Waals surface area contributed by atoms with Gasteiger partial charge in [0.25, 0.3) is 0 Å². The van der Waals surface area contributed by atoms with Crippen molar-refractivity contribution in [2.75, 3.05) is 4.90 Å². The van der Waals surface area contributed by atoms with Crippen molar-refractivity contribution in [1.29, 1.82) is 0 Å². The van der Waals surface area contributed by atoms with Gasteiger partial charge in [-0.15, -0.1) is 5.10 Å². The fourth-order valence-electron chi connectivity index (χ4n) is 5.03. The normalized spacial score (nSPS) is 18.8. The molecule has 1 amide bonds. The van der Waals surface area contributed by atoms with Crippen LogP contribution in [0.5, 0.6) is 0 Å². The zero-order valence-electron chi connectivity index (χ0n) is 21.5. The zero-order valence-corrected chi connectivity index (χ0v) is 21.5. The molecule has 2 heterocycles. The number of hydrogen-bond acceptors (Lipinski definition) is 3. The molecule has 0 atom stereocenters. The van der Waals surface area contributed by atoms with Crippen LogP contribution in [0.1, 0.15) is 12.0 Å². The Kier molecular flexibility index (Phi) is 6.95. The minimum Gasteiger partial charge on any atom is -0.307 e. The van der Waals surface area contributed by atoms with Crippen LogP contribution in [0.3, 0.4) is 0 Å². The molecule has 0 fully saturated rings. The number of carbonyl (C=O) groups is 1. The third-order valence-corrected chi connectivity index (χ3v) is 6.90. The SMILES string of the molecule is O=C(CC1=C/C=C\C=C/C=C1)N1Cc2ccccc2-c2c(nnn2CC2=C/C=C\C=C/C=C2)-c2ccccc21. The first-order chi connectivity index (χ1) is 19.3. The molecular formula is C34H28N4O. The van der Waals surface area contributed by atoms with E-state index in [0.29, 0.717) is 19.5 Å². The van der Waals surface area contributed by atoms with Crippen molar-refractivity contribution in [3.05, 3.63) is 150 Å². The predicted octanol–water partition coefficient (Wildman–Crippen LogP) is 7.07. The fourth-order valence-corrected chi connectivity index (χ4v) is 5.03. The molecule has 1 aliphatic heterocycles. The maximum absolute atomic E-state index is 13.9. The molecule has 190 valence electrons. The van der Waals surface area contributed by atoms with E-state index in [0.717, 1.165) is 44.9 Å². The quantitative estimate of drug-likeness (QED) is 0.379. The molecule has 6 rings (SSSR count). The van der Waals surface area contributed by atoms with Gasteiger partial charge in [-0.2, -0.15) is 0 Å². The van der Waals surface area contributed by atoms with E-state index in [1.54, 1.807) is 0 Å². The van der Waals surface area contributed by atoms with Gasteiger partial charge in [0.1, 0.15) is 5.69 Å². The molecule has 5 heteroatoms. The van der Waals surface area contributed by atoms with Crippen molar-refractivity contribution >= 4 is 11.6 Å². The second-order valence-corrected chi connectivity index (χ2v) is 9.52. The predicted molar refractivity (Wildman–Crippen MR) is 158 cm³/mol. The molecule has 0 saturated carbocycles. The second-order valence-electron chi connectivity index (χ2n) is 9.52. The van der Waals surface area contributed by atoms with Gasteiger partial charge in [0.05, 0.1) is 30.9 Å². The first-order valence-electron chi connectivity index (χ1n) is 13.1. The van der Waals surface area contributed by atoms with Crippen molar-refractivity contribution in [2.24, 2.45) is 0 Å². The molecule has 2 aromatic carbocycles. The molecule has 0 radical (unpaired) electrons. The highest BCUT2D eigenvalue weighted by Gasteiger charge is 2.29. The molecule has 3 aliphatic rings. The van der Waals surface area contributed by atoms with E-state index in [-0.39, 0.29) is 5.91 Å². The summed E-state index contributed by atoms with van der Waals surface area (Å²) in [7, 11) is 0. The summed E-state index contributed by atoms with van der Waals surface area (Å²) in [6.45, 7) is 1.04. The summed E-state index contributed by atoms with van der Waals surface area (Å²) in [5.41, 5.74) is 7.66. The number of nitrogens with zero attached hydrogens (tertiary/aromatic N) is 4. The van der Waals surface area contributed by atoms with Crippen molar-refractivity contribution < 1.29 is 4.79 Å². The number of para-hydroxylation sites is 1. The van der Waals surface area contributed by atoms with E-state index >= 15 is 0 Å². The maximum Gasteiger partial charge on any atom is 0.231 e. The Balaban J connectivity index is 1.44. The van der Waals surface area contributed by atoms with Gasteiger partial charge in [-0.05, 0) is 22.8 Å². The first kappa shape index (κ1) is 24.3. The van der Waals surface area contributed by atoms with Gasteiger partial charge in [-0.3, -0.25) is 4.79 Å². The van der Waals surface area contributed by atoms with Crippen LogP contribution in [0.2, 0.25) is 0 Å². The number of fused-ring (bicyclic) bond motifs is 5. The number of hydrogen-bond donors (Lipinski definition) is 0. The lowest BCUT2D eigenvalue weighted by atomic mass is 9.95. The Morgan fingerprint density at radius 3 is 2.18 bits per heavy atom.